The molecule has 1 amide bonds. The van der Waals surface area contributed by atoms with E-state index in [1.54, 1.807) is 12.1 Å². The van der Waals surface area contributed by atoms with Gasteiger partial charge < -0.3 is 15.1 Å². The van der Waals surface area contributed by atoms with Gasteiger partial charge in [-0.25, -0.2) is 0 Å². The van der Waals surface area contributed by atoms with Crippen LogP contribution in [0.4, 0.5) is 0 Å². The number of carbonyl (C=O) groups is 2. The van der Waals surface area contributed by atoms with Crippen LogP contribution in [0.25, 0.3) is 5.76 Å². The second kappa shape index (κ2) is 8.71. The van der Waals surface area contributed by atoms with Crippen LogP contribution in [0, 0.1) is 13.8 Å². The first kappa shape index (κ1) is 21.4. The van der Waals surface area contributed by atoms with Gasteiger partial charge in [-0.2, -0.15) is 0 Å². The third kappa shape index (κ3) is 4.02. The molecule has 0 radical (unpaired) electrons. The number of hydrogen-bond acceptors (Lipinski definition) is 4. The number of aliphatic hydroxyl groups excluding tert-OH is 1. The number of rotatable bonds is 5. The highest BCUT2D eigenvalue weighted by Crippen LogP contribution is 2.40. The molecule has 0 saturated carbocycles. The summed E-state index contributed by atoms with van der Waals surface area (Å²) in [7, 11) is 0. The predicted molar refractivity (Wildman–Crippen MR) is 123 cm³/mol. The van der Waals surface area contributed by atoms with Crippen molar-refractivity contribution in [3.05, 3.63) is 106 Å². The molecule has 5 heteroatoms. The van der Waals surface area contributed by atoms with Crippen LogP contribution in [0.3, 0.4) is 0 Å². The zero-order valence-electron chi connectivity index (χ0n) is 18.1. The van der Waals surface area contributed by atoms with Gasteiger partial charge >= 0.3 is 0 Å². The maximum Gasteiger partial charge on any atom is 0.295 e. The highest BCUT2D eigenvalue weighted by molar-refractivity contribution is 6.46. The lowest BCUT2D eigenvalue weighted by Crippen LogP contribution is -2.31. The topological polar surface area (TPSA) is 77.8 Å². The molecule has 2 N–H and O–H groups in total. The number of aryl methyl sites for hydroxylation is 2. The Balaban J connectivity index is 1.83. The molecule has 1 fully saturated rings. The molecule has 1 atom stereocenters. The van der Waals surface area contributed by atoms with Gasteiger partial charge in [-0.15, -0.1) is 0 Å². The van der Waals surface area contributed by atoms with Gasteiger partial charge in [0, 0.05) is 12.1 Å². The van der Waals surface area contributed by atoms with E-state index in [1.807, 2.05) is 62.4 Å². The molecule has 1 aliphatic heterocycles. The summed E-state index contributed by atoms with van der Waals surface area (Å²) >= 11 is 0. The number of amides is 1. The van der Waals surface area contributed by atoms with Gasteiger partial charge in [0.1, 0.15) is 11.5 Å². The number of aromatic hydroxyl groups is 1. The molecule has 4 rings (SSSR count). The summed E-state index contributed by atoms with van der Waals surface area (Å²) in [5, 5.41) is 21.3. The number of likely N-dealkylation sites (tertiary alicyclic amines) is 1. The molecular formula is C27H25NO4. The molecular weight excluding hydrogens is 402 g/mol. The van der Waals surface area contributed by atoms with Crippen LogP contribution in [0.1, 0.15) is 33.9 Å². The summed E-state index contributed by atoms with van der Waals surface area (Å²) in [4.78, 5) is 27.7. The van der Waals surface area contributed by atoms with Crippen molar-refractivity contribution in [3.8, 4) is 5.75 Å². The van der Waals surface area contributed by atoms with Gasteiger partial charge in [-0.05, 0) is 55.2 Å². The molecule has 1 aliphatic rings. The van der Waals surface area contributed by atoms with E-state index in [9.17, 15) is 19.8 Å². The summed E-state index contributed by atoms with van der Waals surface area (Å²) in [6.07, 6.45) is 0.562. The van der Waals surface area contributed by atoms with Crippen LogP contribution < -0.4 is 0 Å². The molecule has 162 valence electrons. The van der Waals surface area contributed by atoms with E-state index in [-0.39, 0.29) is 17.1 Å². The lowest BCUT2D eigenvalue weighted by atomic mass is 9.93. The molecule has 3 aromatic rings. The second-order valence-corrected chi connectivity index (χ2v) is 8.14. The molecule has 0 bridgehead atoms. The van der Waals surface area contributed by atoms with Crippen LogP contribution in [0.2, 0.25) is 0 Å². The fourth-order valence-electron chi connectivity index (χ4n) is 4.18. The lowest BCUT2D eigenvalue weighted by Gasteiger charge is -2.25. The van der Waals surface area contributed by atoms with Crippen molar-refractivity contribution in [1.82, 2.24) is 4.90 Å². The number of nitrogens with zero attached hydrogens (tertiary/aromatic N) is 1. The van der Waals surface area contributed by atoms with E-state index in [0.717, 1.165) is 16.7 Å². The third-order valence-corrected chi connectivity index (χ3v) is 5.86. The van der Waals surface area contributed by atoms with Crippen LogP contribution >= 0.6 is 0 Å². The standard InChI is InChI=1S/C27H25NO4/c1-17-11-12-18(2)22(15-17)25(30)23-24(20-9-6-10-21(29)16-20)28(27(32)26(23)31)14-13-19-7-4-3-5-8-19/h3-12,15-16,24,29-30H,13-14H2,1-2H3/b25-23+. The normalized spacial score (nSPS) is 17.7. The number of Topliss-reactive ketones (excluding diaryl/α,β-unsaturated/α-hetero) is 1. The average molecular weight is 428 g/mol. The SMILES string of the molecule is Cc1ccc(C)c(/C(O)=C2\C(=O)C(=O)N(CCc3ccccc3)C2c2cccc(O)c2)c1. The quantitative estimate of drug-likeness (QED) is 0.352. The number of benzene rings is 3. The Morgan fingerprint density at radius 3 is 2.41 bits per heavy atom. The van der Waals surface area contributed by atoms with Gasteiger partial charge in [0.05, 0.1) is 11.6 Å². The maximum atomic E-state index is 13.1. The summed E-state index contributed by atoms with van der Waals surface area (Å²) in [6, 6.07) is 21.0. The van der Waals surface area contributed by atoms with Gasteiger partial charge in [0.2, 0.25) is 0 Å². The second-order valence-electron chi connectivity index (χ2n) is 8.14. The zero-order chi connectivity index (χ0) is 22.8. The number of carbonyl (C=O) groups excluding carboxylic acids is 2. The average Bonchev–Trinajstić information content (AvgIpc) is 3.04. The van der Waals surface area contributed by atoms with Gasteiger partial charge in [-0.3, -0.25) is 9.59 Å². The molecule has 0 aromatic heterocycles. The zero-order valence-corrected chi connectivity index (χ0v) is 18.1. The molecule has 0 aliphatic carbocycles. The minimum Gasteiger partial charge on any atom is -0.508 e. The largest absolute Gasteiger partial charge is 0.508 e. The summed E-state index contributed by atoms with van der Waals surface area (Å²) in [5.74, 6) is -1.53. The molecule has 32 heavy (non-hydrogen) atoms. The Kier molecular flexibility index (Phi) is 5.82. The van der Waals surface area contributed by atoms with Crippen LogP contribution in [-0.2, 0) is 16.0 Å². The lowest BCUT2D eigenvalue weighted by molar-refractivity contribution is -0.139. The third-order valence-electron chi connectivity index (χ3n) is 5.86. The van der Waals surface area contributed by atoms with E-state index in [4.69, 9.17) is 0 Å². The maximum absolute atomic E-state index is 13.1. The number of aliphatic hydroxyl groups is 1. The van der Waals surface area contributed by atoms with E-state index < -0.39 is 17.7 Å². The van der Waals surface area contributed by atoms with Crippen LogP contribution in [-0.4, -0.2) is 33.3 Å². The Morgan fingerprint density at radius 1 is 0.938 bits per heavy atom. The van der Waals surface area contributed by atoms with E-state index >= 15 is 0 Å². The first-order valence-electron chi connectivity index (χ1n) is 10.6. The van der Waals surface area contributed by atoms with E-state index in [0.29, 0.717) is 24.1 Å². The number of hydrogen-bond donors (Lipinski definition) is 2. The Bertz CT molecular complexity index is 1210. The molecule has 1 unspecified atom stereocenters. The van der Waals surface area contributed by atoms with Crippen molar-refractivity contribution in [2.75, 3.05) is 6.54 Å². The van der Waals surface area contributed by atoms with Gasteiger partial charge in [0.15, 0.2) is 0 Å². The first-order chi connectivity index (χ1) is 15.4. The Labute approximate surface area is 187 Å². The van der Waals surface area contributed by atoms with E-state index in [1.165, 1.54) is 17.0 Å². The first-order valence-corrected chi connectivity index (χ1v) is 10.6. The predicted octanol–water partition coefficient (Wildman–Crippen LogP) is 4.67. The number of phenolic OH excluding ortho intramolecular Hbond substituents is 1. The smallest absolute Gasteiger partial charge is 0.295 e. The van der Waals surface area contributed by atoms with E-state index in [2.05, 4.69) is 0 Å². The van der Waals surface area contributed by atoms with Crippen LogP contribution in [0.15, 0.2) is 78.4 Å². The molecule has 0 spiro atoms. The minimum atomic E-state index is -0.786. The Hall–Kier alpha value is -3.86. The molecule has 1 heterocycles. The fourth-order valence-corrected chi connectivity index (χ4v) is 4.18. The van der Waals surface area contributed by atoms with Gasteiger partial charge in [-0.1, -0.05) is 60.2 Å². The molecule has 3 aromatic carbocycles. The number of ketones is 1. The van der Waals surface area contributed by atoms with Crippen molar-refractivity contribution in [3.63, 3.8) is 0 Å². The van der Waals surface area contributed by atoms with Crippen molar-refractivity contribution < 1.29 is 19.8 Å². The molecule has 1 saturated heterocycles. The van der Waals surface area contributed by atoms with Crippen molar-refractivity contribution >= 4 is 17.4 Å². The highest BCUT2D eigenvalue weighted by atomic mass is 16.3. The minimum absolute atomic E-state index is 0.0304. The summed E-state index contributed by atoms with van der Waals surface area (Å²) in [6.45, 7) is 4.06. The Morgan fingerprint density at radius 2 is 1.69 bits per heavy atom. The summed E-state index contributed by atoms with van der Waals surface area (Å²) in [5.41, 5.74) is 3.92. The van der Waals surface area contributed by atoms with Crippen molar-refractivity contribution in [1.29, 1.82) is 0 Å². The number of phenols is 1. The van der Waals surface area contributed by atoms with Crippen molar-refractivity contribution in [2.45, 2.75) is 26.3 Å². The monoisotopic (exact) mass is 427 g/mol. The highest BCUT2D eigenvalue weighted by Gasteiger charge is 2.46. The fraction of sp³-hybridized carbons (Fsp3) is 0.185. The van der Waals surface area contributed by atoms with Gasteiger partial charge in [0.25, 0.3) is 11.7 Å². The van der Waals surface area contributed by atoms with Crippen molar-refractivity contribution in [2.24, 2.45) is 0 Å². The molecule has 5 nitrogen and oxygen atoms in total. The van der Waals surface area contributed by atoms with Crippen LogP contribution in [0.5, 0.6) is 5.75 Å². The summed E-state index contributed by atoms with van der Waals surface area (Å²) < 4.78 is 0.